The van der Waals surface area contributed by atoms with Crippen molar-refractivity contribution in [1.29, 1.82) is 0 Å². The summed E-state index contributed by atoms with van der Waals surface area (Å²) in [7, 11) is 1.46. The number of nitro groups is 1. The molecule has 1 aromatic carbocycles. The molecule has 0 bridgehead atoms. The highest BCUT2D eigenvalue weighted by Gasteiger charge is 2.20. The number of H-pyrrole nitrogens is 1. The quantitative estimate of drug-likeness (QED) is 0.241. The maximum atomic E-state index is 12.5. The Morgan fingerprint density at radius 1 is 1.33 bits per heavy atom. The third kappa shape index (κ3) is 5.32. The Bertz CT molecular complexity index is 1300. The highest BCUT2D eigenvalue weighted by Crippen LogP contribution is 2.17. The predicted molar refractivity (Wildman–Crippen MR) is 122 cm³/mol. The first kappa shape index (κ1) is 23.8. The molecule has 0 unspecified atom stereocenters. The zero-order valence-corrected chi connectivity index (χ0v) is 18.6. The lowest BCUT2D eigenvalue weighted by Gasteiger charge is -2.16. The molecule has 33 heavy (non-hydrogen) atoms. The molecular weight excluding hydrogens is 434 g/mol. The molecule has 1 atom stereocenters. The average molecular weight is 459 g/mol. The van der Waals surface area contributed by atoms with Gasteiger partial charge in [-0.05, 0) is 38.5 Å². The van der Waals surface area contributed by atoms with Crippen molar-refractivity contribution in [3.8, 4) is 0 Å². The monoisotopic (exact) mass is 459 g/mol. The van der Waals surface area contributed by atoms with Gasteiger partial charge in [0.2, 0.25) is 5.95 Å². The second-order valence-corrected chi connectivity index (χ2v) is 7.69. The summed E-state index contributed by atoms with van der Waals surface area (Å²) in [5, 5.41) is 25.5. The van der Waals surface area contributed by atoms with Gasteiger partial charge in [-0.25, -0.2) is 10.2 Å². The number of aliphatic hydroxyl groups excluding tert-OH is 1. The molecule has 0 aliphatic rings. The van der Waals surface area contributed by atoms with Gasteiger partial charge in [0.1, 0.15) is 0 Å². The first-order valence-electron chi connectivity index (χ1n) is 10.1. The highest BCUT2D eigenvalue weighted by molar-refractivity contribution is 5.99. The van der Waals surface area contributed by atoms with E-state index in [0.29, 0.717) is 11.3 Å². The Kier molecular flexibility index (Phi) is 7.04. The zero-order chi connectivity index (χ0) is 24.3. The van der Waals surface area contributed by atoms with E-state index in [1.807, 2.05) is 13.8 Å². The minimum absolute atomic E-state index is 0.0333. The number of aromatic amines is 1. The third-order valence-corrected chi connectivity index (χ3v) is 4.84. The number of anilines is 1. The maximum absolute atomic E-state index is 12.5. The number of hydrogen-bond acceptors (Lipinski definition) is 9. The molecule has 0 amide bonds. The van der Waals surface area contributed by atoms with Gasteiger partial charge in [-0.15, -0.1) is 0 Å². The SMILES string of the molecule is C/C(=N/Nc1nc2c(c(=O)[nH]c(=O)n2C)n1C[C@@H](O)COC(C)C)c1ccc([N+](=O)[O-])cc1. The Labute approximate surface area is 187 Å². The van der Waals surface area contributed by atoms with Crippen LogP contribution in [0.15, 0.2) is 39.0 Å². The fourth-order valence-corrected chi connectivity index (χ4v) is 3.09. The third-order valence-electron chi connectivity index (χ3n) is 4.84. The van der Waals surface area contributed by atoms with Crippen LogP contribution in [0.3, 0.4) is 0 Å². The van der Waals surface area contributed by atoms with Gasteiger partial charge in [0.25, 0.3) is 11.2 Å². The number of nitrogens with one attached hydrogen (secondary N) is 2. The van der Waals surface area contributed by atoms with Crippen molar-refractivity contribution in [2.45, 2.75) is 39.5 Å². The molecule has 176 valence electrons. The number of imidazole rings is 1. The Morgan fingerprint density at radius 3 is 2.61 bits per heavy atom. The molecule has 0 fully saturated rings. The van der Waals surface area contributed by atoms with Crippen LogP contribution in [-0.4, -0.2) is 53.7 Å². The average Bonchev–Trinajstić information content (AvgIpc) is 3.13. The lowest BCUT2D eigenvalue weighted by molar-refractivity contribution is -0.384. The molecule has 3 rings (SSSR count). The van der Waals surface area contributed by atoms with Gasteiger partial charge in [0.05, 0.1) is 36.0 Å². The summed E-state index contributed by atoms with van der Waals surface area (Å²) in [6.07, 6.45) is -1.04. The van der Waals surface area contributed by atoms with Crippen molar-refractivity contribution in [3.05, 3.63) is 60.8 Å². The standard InChI is InChI=1S/C20H25N7O6/c1-11(2)33-10-15(28)9-26-16-17(25(4)20(30)22-18(16)29)21-19(26)24-23-12(3)13-5-7-14(8-6-13)27(31)32/h5-8,11,15,28H,9-10H2,1-4H3,(H,21,24)(H,22,29,30)/b23-12-/t15-/m1/s1. The minimum Gasteiger partial charge on any atom is -0.389 e. The van der Waals surface area contributed by atoms with E-state index in [4.69, 9.17) is 4.74 Å². The molecule has 0 radical (unpaired) electrons. The number of nitrogens with zero attached hydrogens (tertiary/aromatic N) is 5. The molecule has 3 N–H and O–H groups in total. The summed E-state index contributed by atoms with van der Waals surface area (Å²) in [4.78, 5) is 41.4. The number of aromatic nitrogens is 4. The summed E-state index contributed by atoms with van der Waals surface area (Å²) < 4.78 is 8.05. The van der Waals surface area contributed by atoms with E-state index < -0.39 is 22.3 Å². The van der Waals surface area contributed by atoms with Crippen molar-refractivity contribution < 1.29 is 14.8 Å². The smallest absolute Gasteiger partial charge is 0.329 e. The largest absolute Gasteiger partial charge is 0.389 e. The molecule has 0 saturated carbocycles. The lowest BCUT2D eigenvalue weighted by atomic mass is 10.1. The molecule has 3 aromatic rings. The number of rotatable bonds is 9. The van der Waals surface area contributed by atoms with E-state index in [1.165, 1.54) is 28.3 Å². The fourth-order valence-electron chi connectivity index (χ4n) is 3.09. The number of hydrazone groups is 1. The van der Waals surface area contributed by atoms with Gasteiger partial charge in [-0.1, -0.05) is 0 Å². The van der Waals surface area contributed by atoms with E-state index >= 15 is 0 Å². The molecule has 0 aliphatic carbocycles. The van der Waals surface area contributed by atoms with Gasteiger partial charge in [0.15, 0.2) is 11.2 Å². The van der Waals surface area contributed by atoms with Crippen LogP contribution in [0.5, 0.6) is 0 Å². The second kappa shape index (κ2) is 9.75. The number of aryl methyl sites for hydroxylation is 1. The number of fused-ring (bicyclic) bond motifs is 1. The Morgan fingerprint density at radius 2 is 2.00 bits per heavy atom. The molecule has 2 heterocycles. The molecule has 0 saturated heterocycles. The first-order valence-corrected chi connectivity index (χ1v) is 10.1. The van der Waals surface area contributed by atoms with Crippen molar-refractivity contribution >= 4 is 28.5 Å². The summed E-state index contributed by atoms with van der Waals surface area (Å²) in [6.45, 7) is 5.35. The molecular formula is C20H25N7O6. The maximum Gasteiger partial charge on any atom is 0.329 e. The van der Waals surface area contributed by atoms with Crippen LogP contribution in [-0.2, 0) is 18.3 Å². The minimum atomic E-state index is -0.957. The van der Waals surface area contributed by atoms with Gasteiger partial charge >= 0.3 is 5.69 Å². The summed E-state index contributed by atoms with van der Waals surface area (Å²) in [5.41, 5.74) is 2.78. The fraction of sp³-hybridized carbons (Fsp3) is 0.400. The number of aliphatic hydroxyl groups is 1. The number of nitro benzene ring substituents is 1. The Balaban J connectivity index is 1.98. The molecule has 0 spiro atoms. The van der Waals surface area contributed by atoms with E-state index in [9.17, 15) is 24.8 Å². The number of benzene rings is 1. The summed E-state index contributed by atoms with van der Waals surface area (Å²) in [5.74, 6) is 0.126. The van der Waals surface area contributed by atoms with Gasteiger partial charge in [0, 0.05) is 19.2 Å². The van der Waals surface area contributed by atoms with Crippen LogP contribution in [0.2, 0.25) is 0 Å². The van der Waals surface area contributed by atoms with Crippen LogP contribution in [0.25, 0.3) is 11.2 Å². The normalized spacial score (nSPS) is 13.0. The van der Waals surface area contributed by atoms with Crippen LogP contribution in [0.4, 0.5) is 11.6 Å². The molecule has 2 aromatic heterocycles. The number of hydrogen-bond donors (Lipinski definition) is 3. The topological polar surface area (TPSA) is 170 Å². The zero-order valence-electron chi connectivity index (χ0n) is 18.6. The highest BCUT2D eigenvalue weighted by atomic mass is 16.6. The van der Waals surface area contributed by atoms with Crippen molar-refractivity contribution in [2.75, 3.05) is 12.0 Å². The van der Waals surface area contributed by atoms with Crippen molar-refractivity contribution in [2.24, 2.45) is 12.1 Å². The number of non-ortho nitro benzene ring substituents is 1. The summed E-state index contributed by atoms with van der Waals surface area (Å²) >= 11 is 0. The van der Waals surface area contributed by atoms with Gasteiger partial charge in [-0.3, -0.25) is 24.5 Å². The van der Waals surface area contributed by atoms with Gasteiger partial charge in [-0.2, -0.15) is 10.1 Å². The van der Waals surface area contributed by atoms with Crippen LogP contribution in [0, 0.1) is 10.1 Å². The predicted octanol–water partition coefficient (Wildman–Crippen LogP) is 0.954. The second-order valence-electron chi connectivity index (χ2n) is 7.69. The van der Waals surface area contributed by atoms with E-state index in [0.717, 1.165) is 0 Å². The van der Waals surface area contributed by atoms with Crippen LogP contribution in [0.1, 0.15) is 26.3 Å². The lowest BCUT2D eigenvalue weighted by Crippen LogP contribution is -2.30. The molecule has 13 heteroatoms. The van der Waals surface area contributed by atoms with E-state index in [2.05, 4.69) is 20.5 Å². The van der Waals surface area contributed by atoms with Gasteiger partial charge < -0.3 is 14.4 Å². The first-order chi connectivity index (χ1) is 15.6. The number of ether oxygens (including phenoxy) is 1. The van der Waals surface area contributed by atoms with Crippen molar-refractivity contribution in [3.63, 3.8) is 0 Å². The van der Waals surface area contributed by atoms with Crippen LogP contribution >= 0.6 is 0 Å². The Hall–Kier alpha value is -3.84. The van der Waals surface area contributed by atoms with Crippen molar-refractivity contribution in [1.82, 2.24) is 19.1 Å². The summed E-state index contributed by atoms with van der Waals surface area (Å²) in [6, 6.07) is 5.85. The van der Waals surface area contributed by atoms with Crippen LogP contribution < -0.4 is 16.7 Å². The van der Waals surface area contributed by atoms with E-state index in [1.54, 1.807) is 19.1 Å². The molecule has 0 aliphatic heterocycles. The van der Waals surface area contributed by atoms with E-state index in [-0.39, 0.29) is 42.1 Å². The molecule has 13 nitrogen and oxygen atoms in total.